The van der Waals surface area contributed by atoms with Crippen LogP contribution in [0.25, 0.3) is 22.4 Å². The number of carbonyl (C=O) groups excluding carboxylic acids is 1. The number of rotatable bonds is 4. The summed E-state index contributed by atoms with van der Waals surface area (Å²) in [6.45, 7) is 8.07. The van der Waals surface area contributed by atoms with Crippen molar-refractivity contribution in [2.75, 3.05) is 6.61 Å². The fourth-order valence-electron chi connectivity index (χ4n) is 2.92. The number of aromatic amines is 1. The summed E-state index contributed by atoms with van der Waals surface area (Å²) in [5, 5.41) is 4.75. The van der Waals surface area contributed by atoms with E-state index >= 15 is 0 Å². The van der Waals surface area contributed by atoms with Gasteiger partial charge in [-0.2, -0.15) is 4.98 Å². The van der Waals surface area contributed by atoms with Crippen molar-refractivity contribution in [2.24, 2.45) is 0 Å². The Balaban J connectivity index is 1.81. The van der Waals surface area contributed by atoms with Crippen molar-refractivity contribution in [3.63, 3.8) is 0 Å². The minimum atomic E-state index is -0.551. The van der Waals surface area contributed by atoms with Gasteiger partial charge in [0, 0.05) is 23.0 Å². The molecule has 2 aromatic heterocycles. The number of nitrogens with zero attached hydrogens (tertiary/aromatic N) is 2. The molecule has 0 aliphatic carbocycles. The molecule has 1 unspecified atom stereocenters. The van der Waals surface area contributed by atoms with Crippen LogP contribution in [0.3, 0.4) is 0 Å². The zero-order valence-corrected chi connectivity index (χ0v) is 15.3. The van der Waals surface area contributed by atoms with Crippen LogP contribution in [0.15, 0.2) is 22.7 Å². The number of epoxide rings is 1. The molecule has 4 rings (SSSR count). The van der Waals surface area contributed by atoms with Gasteiger partial charge in [-0.25, -0.2) is 4.79 Å². The van der Waals surface area contributed by atoms with E-state index in [1.807, 2.05) is 32.9 Å². The molecule has 0 saturated carbocycles. The third-order valence-corrected chi connectivity index (χ3v) is 4.09. The summed E-state index contributed by atoms with van der Waals surface area (Å²) in [6.07, 6.45) is 0.934. The highest BCUT2D eigenvalue weighted by atomic mass is 16.6. The second-order valence-electron chi connectivity index (χ2n) is 7.55. The average Bonchev–Trinajstić information content (AvgIpc) is 3.14. The fraction of sp³-hybridized carbons (Fsp3) is 0.421. The highest BCUT2D eigenvalue weighted by Crippen LogP contribution is 2.34. The van der Waals surface area contributed by atoms with Crippen LogP contribution in [-0.2, 0) is 15.9 Å². The molecule has 1 fully saturated rings. The molecule has 3 aromatic rings. The first-order valence-electron chi connectivity index (χ1n) is 8.60. The van der Waals surface area contributed by atoms with Gasteiger partial charge in [0.1, 0.15) is 5.60 Å². The van der Waals surface area contributed by atoms with Crippen molar-refractivity contribution in [1.82, 2.24) is 15.1 Å². The maximum atomic E-state index is 12.4. The maximum absolute atomic E-state index is 12.4. The highest BCUT2D eigenvalue weighted by molar-refractivity contribution is 6.01. The summed E-state index contributed by atoms with van der Waals surface area (Å²) >= 11 is 0. The number of hydrogen-bond donors (Lipinski definition) is 1. The maximum Gasteiger partial charge on any atom is 0.338 e. The Kier molecular flexibility index (Phi) is 3.84. The number of esters is 1. The largest absolute Gasteiger partial charge is 0.456 e. The van der Waals surface area contributed by atoms with Gasteiger partial charge in [0.25, 0.3) is 5.89 Å². The van der Waals surface area contributed by atoms with Gasteiger partial charge in [-0.1, -0.05) is 5.16 Å². The van der Waals surface area contributed by atoms with E-state index < -0.39 is 5.60 Å². The predicted molar refractivity (Wildman–Crippen MR) is 94.9 cm³/mol. The van der Waals surface area contributed by atoms with Crippen LogP contribution in [-0.4, -0.2) is 39.4 Å². The van der Waals surface area contributed by atoms with E-state index in [0.717, 1.165) is 35.2 Å². The Morgan fingerprint density at radius 3 is 2.77 bits per heavy atom. The van der Waals surface area contributed by atoms with Gasteiger partial charge in [-0.15, -0.1) is 0 Å². The van der Waals surface area contributed by atoms with E-state index in [2.05, 4.69) is 15.1 Å². The molecule has 136 valence electrons. The molecule has 1 aromatic carbocycles. The summed E-state index contributed by atoms with van der Waals surface area (Å²) in [5.41, 5.74) is 2.62. The van der Waals surface area contributed by atoms with Crippen LogP contribution < -0.4 is 0 Å². The predicted octanol–water partition coefficient (Wildman–Crippen LogP) is 3.42. The van der Waals surface area contributed by atoms with Gasteiger partial charge in [-0.3, -0.25) is 0 Å². The summed E-state index contributed by atoms with van der Waals surface area (Å²) in [6, 6.07) is 5.44. The lowest BCUT2D eigenvalue weighted by molar-refractivity contribution is 0.00697. The van der Waals surface area contributed by atoms with E-state index in [-0.39, 0.29) is 12.1 Å². The van der Waals surface area contributed by atoms with Crippen LogP contribution in [0.2, 0.25) is 0 Å². The number of carbonyl (C=O) groups is 1. The van der Waals surface area contributed by atoms with Crippen molar-refractivity contribution >= 4 is 16.9 Å². The van der Waals surface area contributed by atoms with E-state index in [4.69, 9.17) is 14.0 Å². The van der Waals surface area contributed by atoms with Crippen LogP contribution in [0.4, 0.5) is 0 Å². The van der Waals surface area contributed by atoms with Crippen molar-refractivity contribution < 1.29 is 18.8 Å². The Morgan fingerprint density at radius 2 is 2.15 bits per heavy atom. The molecule has 7 heteroatoms. The van der Waals surface area contributed by atoms with E-state index in [1.54, 1.807) is 13.0 Å². The molecule has 7 nitrogen and oxygen atoms in total. The van der Waals surface area contributed by atoms with Crippen molar-refractivity contribution in [3.05, 3.63) is 35.3 Å². The van der Waals surface area contributed by atoms with Crippen molar-refractivity contribution in [3.8, 4) is 11.5 Å². The van der Waals surface area contributed by atoms with Gasteiger partial charge >= 0.3 is 5.97 Å². The fourth-order valence-corrected chi connectivity index (χ4v) is 2.92. The minimum absolute atomic E-state index is 0.205. The second kappa shape index (κ2) is 5.95. The quantitative estimate of drug-likeness (QED) is 0.569. The number of aromatic nitrogens is 3. The van der Waals surface area contributed by atoms with Gasteiger partial charge in [0.05, 0.1) is 23.8 Å². The lowest BCUT2D eigenvalue weighted by Crippen LogP contribution is -2.23. The topological polar surface area (TPSA) is 93.5 Å². The van der Waals surface area contributed by atoms with E-state index in [9.17, 15) is 4.79 Å². The van der Waals surface area contributed by atoms with Crippen LogP contribution in [0.5, 0.6) is 0 Å². The average molecular weight is 355 g/mol. The number of fused-ring (bicyclic) bond motifs is 1. The summed E-state index contributed by atoms with van der Waals surface area (Å²) in [5.74, 6) is 0.636. The van der Waals surface area contributed by atoms with E-state index in [1.165, 1.54) is 0 Å². The molecular weight excluding hydrogens is 334 g/mol. The molecule has 1 atom stereocenters. The number of hydrogen-bond acceptors (Lipinski definition) is 6. The van der Waals surface area contributed by atoms with Gasteiger partial charge in [-0.05, 0) is 45.9 Å². The Morgan fingerprint density at radius 1 is 1.38 bits per heavy atom. The number of ether oxygens (including phenoxy) is 2. The molecule has 1 aliphatic rings. The molecule has 0 bridgehead atoms. The second-order valence-corrected chi connectivity index (χ2v) is 7.55. The number of nitrogens with one attached hydrogen (secondary N) is 1. The Labute approximate surface area is 150 Å². The first-order valence-corrected chi connectivity index (χ1v) is 8.60. The standard InChI is InChI=1S/C19H21N3O4/c1-10-20-17(26-22-10)16-13-7-11(18(23)25-19(2,3)4)5-6-14(13)21-15(16)8-12-9-24-12/h5-7,12,21H,8-9H2,1-4H3. The van der Waals surface area contributed by atoms with Gasteiger partial charge in [0.2, 0.25) is 0 Å². The number of H-pyrrole nitrogens is 1. The van der Waals surface area contributed by atoms with E-state index in [0.29, 0.717) is 17.3 Å². The van der Waals surface area contributed by atoms with Crippen LogP contribution in [0, 0.1) is 6.92 Å². The number of benzene rings is 1. The van der Waals surface area contributed by atoms with Gasteiger partial charge in [0.15, 0.2) is 5.82 Å². The van der Waals surface area contributed by atoms with Gasteiger partial charge < -0.3 is 19.0 Å². The molecule has 1 aliphatic heterocycles. The minimum Gasteiger partial charge on any atom is -0.456 e. The summed E-state index contributed by atoms with van der Waals surface area (Å²) < 4.78 is 16.2. The SMILES string of the molecule is Cc1noc(-c2c(CC3CO3)[nH]c3ccc(C(=O)OC(C)(C)C)cc23)n1. The molecule has 1 saturated heterocycles. The molecule has 1 N–H and O–H groups in total. The molecule has 0 radical (unpaired) electrons. The number of aryl methyl sites for hydroxylation is 1. The normalized spacial score (nSPS) is 16.8. The van der Waals surface area contributed by atoms with Crippen molar-refractivity contribution in [2.45, 2.75) is 45.8 Å². The summed E-state index contributed by atoms with van der Waals surface area (Å²) in [7, 11) is 0. The Bertz CT molecular complexity index is 976. The van der Waals surface area contributed by atoms with Crippen LogP contribution >= 0.6 is 0 Å². The first kappa shape index (κ1) is 16.8. The first-order chi connectivity index (χ1) is 12.3. The smallest absolute Gasteiger partial charge is 0.338 e. The molecule has 26 heavy (non-hydrogen) atoms. The molecule has 0 amide bonds. The zero-order valence-electron chi connectivity index (χ0n) is 15.3. The molecule has 0 spiro atoms. The monoisotopic (exact) mass is 355 g/mol. The zero-order chi connectivity index (χ0) is 18.5. The third kappa shape index (κ3) is 3.35. The molecular formula is C19H21N3O4. The molecule has 3 heterocycles. The van der Waals surface area contributed by atoms with Crippen molar-refractivity contribution in [1.29, 1.82) is 0 Å². The lowest BCUT2D eigenvalue weighted by atomic mass is 10.1. The third-order valence-electron chi connectivity index (χ3n) is 4.09. The Hall–Kier alpha value is -2.67. The lowest BCUT2D eigenvalue weighted by Gasteiger charge is -2.19. The van der Waals surface area contributed by atoms with Crippen LogP contribution in [0.1, 0.15) is 42.6 Å². The highest BCUT2D eigenvalue weighted by Gasteiger charge is 2.28. The summed E-state index contributed by atoms with van der Waals surface area (Å²) in [4.78, 5) is 20.2.